The number of fused-ring (bicyclic) bond motifs is 1. The molecular formula is C28H24F2N6O4. The van der Waals surface area contributed by atoms with Crippen molar-refractivity contribution in [3.63, 3.8) is 0 Å². The Morgan fingerprint density at radius 3 is 2.62 bits per heavy atom. The molecular weight excluding hydrogens is 522 g/mol. The first kappa shape index (κ1) is 26.6. The van der Waals surface area contributed by atoms with Crippen LogP contribution in [0.4, 0.5) is 14.6 Å². The second-order valence-electron chi connectivity index (χ2n) is 9.01. The minimum atomic E-state index is -0.695. The Bertz CT molecular complexity index is 1740. The van der Waals surface area contributed by atoms with Gasteiger partial charge in [-0.1, -0.05) is 6.07 Å². The Morgan fingerprint density at radius 1 is 1.07 bits per heavy atom. The summed E-state index contributed by atoms with van der Waals surface area (Å²) in [5.74, 6) is -0.944. The van der Waals surface area contributed by atoms with E-state index in [0.717, 1.165) is 4.68 Å². The van der Waals surface area contributed by atoms with E-state index in [4.69, 9.17) is 9.47 Å². The van der Waals surface area contributed by atoms with Gasteiger partial charge in [-0.05, 0) is 55.0 Å². The standard InChI is InChI=1S/C28H24F2N6O4/c1-16(15-39-2)33-27-25-24(10-11-31-26(25)34-35-27)40-23-8-3-17(13-21(23)30)14-22(37)20-9-12-32-36(28(20)38)19-6-4-18(29)5-7-19/h3-13,16H,14-15H2,1-2H3,(H2,31,33,34,35)/t16-/m0/s1. The molecule has 0 saturated carbocycles. The summed E-state index contributed by atoms with van der Waals surface area (Å²) in [7, 11) is 1.60. The van der Waals surface area contributed by atoms with Crippen LogP contribution in [-0.4, -0.2) is 50.5 Å². The minimum Gasteiger partial charge on any atom is -0.453 e. The highest BCUT2D eigenvalue weighted by molar-refractivity contribution is 5.97. The van der Waals surface area contributed by atoms with Crippen LogP contribution in [0, 0.1) is 11.6 Å². The Kier molecular flexibility index (Phi) is 7.60. The second kappa shape index (κ2) is 11.4. The van der Waals surface area contributed by atoms with Gasteiger partial charge >= 0.3 is 0 Å². The maximum Gasteiger partial charge on any atom is 0.282 e. The van der Waals surface area contributed by atoms with E-state index in [-0.39, 0.29) is 23.8 Å². The molecule has 0 spiro atoms. The number of rotatable bonds is 10. The normalized spacial score (nSPS) is 11.9. The van der Waals surface area contributed by atoms with Crippen LogP contribution >= 0.6 is 0 Å². The molecule has 3 aromatic heterocycles. The molecule has 2 aromatic carbocycles. The number of anilines is 1. The fraction of sp³-hybridized carbons (Fsp3) is 0.179. The van der Waals surface area contributed by atoms with E-state index >= 15 is 4.39 Å². The molecule has 0 radical (unpaired) electrons. The average Bonchev–Trinajstić information content (AvgIpc) is 3.34. The molecule has 2 N–H and O–H groups in total. The third-order valence-electron chi connectivity index (χ3n) is 6.02. The summed E-state index contributed by atoms with van der Waals surface area (Å²) in [6.45, 7) is 2.36. The maximum atomic E-state index is 15.1. The van der Waals surface area contributed by atoms with Crippen molar-refractivity contribution in [2.45, 2.75) is 19.4 Å². The molecule has 0 amide bonds. The molecule has 0 saturated heterocycles. The zero-order chi connectivity index (χ0) is 28.2. The van der Waals surface area contributed by atoms with Crippen molar-refractivity contribution in [1.82, 2.24) is 25.0 Å². The average molecular weight is 547 g/mol. The van der Waals surface area contributed by atoms with Gasteiger partial charge in [-0.25, -0.2) is 13.8 Å². The SMILES string of the molecule is COC[C@H](C)Nc1n[nH]c2nccc(Oc3ccc(CC(=O)c4ccnn(-c5ccc(F)cc5)c4=O)cc3F)c12. The predicted octanol–water partition coefficient (Wildman–Crippen LogP) is 4.45. The molecule has 0 fully saturated rings. The first-order chi connectivity index (χ1) is 19.3. The summed E-state index contributed by atoms with van der Waals surface area (Å²) in [6, 6.07) is 12.1. The summed E-state index contributed by atoms with van der Waals surface area (Å²) in [4.78, 5) is 30.1. The lowest BCUT2D eigenvalue weighted by molar-refractivity contribution is 0.0991. The number of halogens is 2. The Balaban J connectivity index is 1.35. The summed E-state index contributed by atoms with van der Waals surface area (Å²) in [5.41, 5.74) is 0.324. The van der Waals surface area contributed by atoms with Crippen molar-refractivity contribution in [1.29, 1.82) is 0 Å². The number of ether oxygens (including phenoxy) is 2. The van der Waals surface area contributed by atoms with Gasteiger partial charge in [0.15, 0.2) is 28.8 Å². The van der Waals surface area contributed by atoms with E-state index in [1.807, 2.05) is 6.92 Å². The number of carbonyl (C=O) groups is 1. The lowest BCUT2D eigenvalue weighted by Gasteiger charge is -2.13. The van der Waals surface area contributed by atoms with Crippen molar-refractivity contribution >= 4 is 22.6 Å². The molecule has 0 aliphatic heterocycles. The summed E-state index contributed by atoms with van der Waals surface area (Å²) < 4.78 is 40.4. The molecule has 10 nitrogen and oxygen atoms in total. The van der Waals surface area contributed by atoms with Crippen LogP contribution in [0.3, 0.4) is 0 Å². The van der Waals surface area contributed by atoms with E-state index in [1.165, 1.54) is 54.9 Å². The van der Waals surface area contributed by atoms with Gasteiger partial charge in [0.25, 0.3) is 5.56 Å². The Hall–Kier alpha value is -4.97. The quantitative estimate of drug-likeness (QED) is 0.246. The van der Waals surface area contributed by atoms with Gasteiger partial charge in [0, 0.05) is 38.0 Å². The van der Waals surface area contributed by atoms with Crippen molar-refractivity contribution in [2.75, 3.05) is 19.0 Å². The van der Waals surface area contributed by atoms with Gasteiger partial charge < -0.3 is 14.8 Å². The second-order valence-corrected chi connectivity index (χ2v) is 9.01. The van der Waals surface area contributed by atoms with Crippen molar-refractivity contribution in [3.8, 4) is 17.2 Å². The number of hydrogen-bond donors (Lipinski definition) is 2. The predicted molar refractivity (Wildman–Crippen MR) is 143 cm³/mol. The van der Waals surface area contributed by atoms with Gasteiger partial charge in [-0.2, -0.15) is 14.9 Å². The molecule has 3 heterocycles. The molecule has 40 heavy (non-hydrogen) atoms. The van der Waals surface area contributed by atoms with E-state index in [9.17, 15) is 14.0 Å². The zero-order valence-corrected chi connectivity index (χ0v) is 21.5. The number of methoxy groups -OCH3 is 1. The fourth-order valence-electron chi connectivity index (χ4n) is 4.16. The number of H-pyrrole nitrogens is 1. The van der Waals surface area contributed by atoms with Gasteiger partial charge in [0.2, 0.25) is 0 Å². The largest absolute Gasteiger partial charge is 0.453 e. The van der Waals surface area contributed by atoms with Gasteiger partial charge in [0.1, 0.15) is 17.0 Å². The number of aromatic nitrogens is 5. The molecule has 12 heteroatoms. The van der Waals surface area contributed by atoms with Crippen molar-refractivity contribution < 1.29 is 23.0 Å². The third kappa shape index (κ3) is 5.57. The first-order valence-corrected chi connectivity index (χ1v) is 12.3. The van der Waals surface area contributed by atoms with Crippen LogP contribution in [0.15, 0.2) is 71.8 Å². The van der Waals surface area contributed by atoms with E-state index in [0.29, 0.717) is 40.5 Å². The molecule has 204 valence electrons. The first-order valence-electron chi connectivity index (χ1n) is 12.3. The fourth-order valence-corrected chi connectivity index (χ4v) is 4.16. The highest BCUT2D eigenvalue weighted by Crippen LogP contribution is 2.34. The highest BCUT2D eigenvalue weighted by atomic mass is 19.1. The highest BCUT2D eigenvalue weighted by Gasteiger charge is 2.18. The summed E-state index contributed by atoms with van der Waals surface area (Å²) in [5, 5.41) is 14.8. The van der Waals surface area contributed by atoms with Gasteiger partial charge in [-0.3, -0.25) is 14.7 Å². The number of benzene rings is 2. The van der Waals surface area contributed by atoms with E-state index in [2.05, 4.69) is 25.6 Å². The molecule has 0 aliphatic carbocycles. The van der Waals surface area contributed by atoms with Crippen LogP contribution in [0.1, 0.15) is 22.8 Å². The number of aromatic amines is 1. The van der Waals surface area contributed by atoms with E-state index < -0.39 is 23.0 Å². The minimum absolute atomic E-state index is 0.0571. The molecule has 5 aromatic rings. The van der Waals surface area contributed by atoms with Crippen LogP contribution < -0.4 is 15.6 Å². The van der Waals surface area contributed by atoms with Crippen molar-refractivity contribution in [3.05, 3.63) is 100 Å². The topological polar surface area (TPSA) is 124 Å². The molecule has 5 rings (SSSR count). The molecule has 0 aliphatic rings. The number of nitrogens with zero attached hydrogens (tertiary/aromatic N) is 4. The molecule has 0 bridgehead atoms. The monoisotopic (exact) mass is 546 g/mol. The van der Waals surface area contributed by atoms with Gasteiger partial charge in [-0.15, -0.1) is 0 Å². The van der Waals surface area contributed by atoms with Crippen LogP contribution in [-0.2, 0) is 11.2 Å². The number of nitrogens with one attached hydrogen (secondary N) is 2. The van der Waals surface area contributed by atoms with Crippen LogP contribution in [0.25, 0.3) is 16.7 Å². The molecule has 1 atom stereocenters. The maximum absolute atomic E-state index is 15.1. The third-order valence-corrected chi connectivity index (χ3v) is 6.02. The Morgan fingerprint density at radius 2 is 1.88 bits per heavy atom. The number of ketones is 1. The Labute approximate surface area is 226 Å². The zero-order valence-electron chi connectivity index (χ0n) is 21.5. The summed E-state index contributed by atoms with van der Waals surface area (Å²) in [6.07, 6.45) is 2.59. The van der Waals surface area contributed by atoms with E-state index in [1.54, 1.807) is 19.2 Å². The lowest BCUT2D eigenvalue weighted by Crippen LogP contribution is -2.27. The summed E-state index contributed by atoms with van der Waals surface area (Å²) >= 11 is 0. The lowest BCUT2D eigenvalue weighted by atomic mass is 10.0. The van der Waals surface area contributed by atoms with Crippen molar-refractivity contribution in [2.24, 2.45) is 0 Å². The number of carbonyl (C=O) groups excluding carboxylic acids is 1. The van der Waals surface area contributed by atoms with Crippen LogP contribution in [0.5, 0.6) is 11.5 Å². The smallest absolute Gasteiger partial charge is 0.282 e. The molecule has 0 unspecified atom stereocenters. The number of hydrogen-bond acceptors (Lipinski definition) is 8. The number of pyridine rings is 1. The number of Topliss-reactive ketones (excluding diaryl/α,β-unsaturated/α-hetero) is 1. The van der Waals surface area contributed by atoms with Crippen LogP contribution in [0.2, 0.25) is 0 Å². The van der Waals surface area contributed by atoms with Gasteiger partial charge in [0.05, 0.1) is 17.9 Å².